The third-order valence-electron chi connectivity index (χ3n) is 6.25. The first-order chi connectivity index (χ1) is 15.7. The Morgan fingerprint density at radius 1 is 1.12 bits per heavy atom. The second-order valence-corrected chi connectivity index (χ2v) is 8.31. The molecular formula is C26H28N6. The fraction of sp³-hybridized carbons (Fsp3) is 0.269. The van der Waals surface area contributed by atoms with Crippen molar-refractivity contribution in [3.63, 3.8) is 0 Å². The monoisotopic (exact) mass is 424 g/mol. The molecule has 4 aromatic rings. The lowest BCUT2D eigenvalue weighted by atomic mass is 9.97. The van der Waals surface area contributed by atoms with E-state index in [1.807, 2.05) is 24.5 Å². The topological polar surface area (TPSA) is 73.5 Å². The number of nitrogens with one attached hydrogen (secondary N) is 2. The summed E-state index contributed by atoms with van der Waals surface area (Å²) in [6.07, 6.45) is 13.5. The van der Waals surface area contributed by atoms with Crippen molar-refractivity contribution in [2.45, 2.75) is 33.1 Å². The lowest BCUT2D eigenvalue weighted by molar-refractivity contribution is 0.578. The fourth-order valence-electron chi connectivity index (χ4n) is 4.65. The van der Waals surface area contributed by atoms with Crippen LogP contribution in [0.25, 0.3) is 39.0 Å². The summed E-state index contributed by atoms with van der Waals surface area (Å²) in [6.45, 7) is 10.1. The Kier molecular flexibility index (Phi) is 5.35. The van der Waals surface area contributed by atoms with Gasteiger partial charge in [-0.3, -0.25) is 10.1 Å². The van der Waals surface area contributed by atoms with Gasteiger partial charge in [-0.05, 0) is 62.0 Å². The molecule has 1 aliphatic heterocycles. The van der Waals surface area contributed by atoms with Crippen molar-refractivity contribution in [2.75, 3.05) is 18.0 Å². The molecule has 1 fully saturated rings. The number of nitrogens with zero attached hydrogens (tertiary/aromatic N) is 4. The molecule has 0 unspecified atom stereocenters. The van der Waals surface area contributed by atoms with E-state index in [1.165, 1.54) is 30.4 Å². The van der Waals surface area contributed by atoms with Gasteiger partial charge in [0, 0.05) is 18.5 Å². The highest BCUT2D eigenvalue weighted by atomic mass is 15.2. The number of imidazole rings is 1. The van der Waals surface area contributed by atoms with E-state index in [9.17, 15) is 0 Å². The van der Waals surface area contributed by atoms with Crippen LogP contribution >= 0.6 is 0 Å². The molecule has 0 atom stereocenters. The number of H-pyrrole nitrogens is 2. The lowest BCUT2D eigenvalue weighted by Crippen LogP contribution is -2.29. The average molecular weight is 425 g/mol. The van der Waals surface area contributed by atoms with Crippen molar-refractivity contribution in [1.82, 2.24) is 25.1 Å². The van der Waals surface area contributed by atoms with Gasteiger partial charge < -0.3 is 9.88 Å². The first kappa shape index (κ1) is 20.2. The smallest absolute Gasteiger partial charge is 0.159 e. The van der Waals surface area contributed by atoms with E-state index in [0.29, 0.717) is 0 Å². The van der Waals surface area contributed by atoms with E-state index in [1.54, 1.807) is 0 Å². The van der Waals surface area contributed by atoms with Crippen LogP contribution in [-0.4, -0.2) is 38.2 Å². The number of anilines is 1. The van der Waals surface area contributed by atoms with E-state index in [2.05, 4.69) is 69.8 Å². The highest BCUT2D eigenvalue weighted by molar-refractivity contribution is 5.97. The summed E-state index contributed by atoms with van der Waals surface area (Å²) in [5.74, 6) is 0.759. The molecule has 0 spiro atoms. The van der Waals surface area contributed by atoms with Gasteiger partial charge in [0.25, 0.3) is 0 Å². The second kappa shape index (κ2) is 8.46. The van der Waals surface area contributed by atoms with Crippen molar-refractivity contribution in [2.24, 2.45) is 0 Å². The molecule has 32 heavy (non-hydrogen) atoms. The normalized spacial score (nSPS) is 15.6. The number of piperidine rings is 1. The van der Waals surface area contributed by atoms with E-state index in [4.69, 9.17) is 4.98 Å². The largest absolute Gasteiger partial charge is 0.368 e. The SMILES string of the molecule is C=C/C=C(C)\C(=C/C)c1ccc2[nH]nc(-c3nc4c(N5CCCCC5)cncc4[nH]3)c2c1. The van der Waals surface area contributed by atoms with Crippen LogP contribution < -0.4 is 4.90 Å². The van der Waals surface area contributed by atoms with Crippen LogP contribution in [0, 0.1) is 0 Å². The first-order valence-corrected chi connectivity index (χ1v) is 11.2. The standard InChI is InChI=1S/C26H28N6/c1-4-9-17(3)19(5-2)18-10-11-21-20(14-18)24(31-30-21)26-28-22-15-27-16-23(25(22)29-26)32-12-7-6-8-13-32/h4-5,9-11,14-16H,1,6-8,12-13H2,2-3H3,(H,28,29)(H,30,31)/b17-9-,19-5+. The molecule has 0 aliphatic carbocycles. The van der Waals surface area contributed by atoms with Crippen LogP contribution in [0.5, 0.6) is 0 Å². The van der Waals surface area contributed by atoms with Gasteiger partial charge in [0.1, 0.15) is 11.2 Å². The third kappa shape index (κ3) is 3.51. The molecule has 3 aromatic heterocycles. The number of aromatic nitrogens is 5. The number of hydrogen-bond acceptors (Lipinski definition) is 4. The van der Waals surface area contributed by atoms with Gasteiger partial charge in [-0.15, -0.1) is 0 Å². The summed E-state index contributed by atoms with van der Waals surface area (Å²) in [5.41, 5.74) is 8.31. The number of benzene rings is 1. The fourth-order valence-corrected chi connectivity index (χ4v) is 4.65. The molecule has 1 saturated heterocycles. The number of rotatable bonds is 5. The van der Waals surface area contributed by atoms with Crippen molar-refractivity contribution in [1.29, 1.82) is 0 Å². The zero-order valence-corrected chi connectivity index (χ0v) is 18.7. The van der Waals surface area contributed by atoms with E-state index < -0.39 is 0 Å². The molecule has 2 N–H and O–H groups in total. The number of fused-ring (bicyclic) bond motifs is 2. The minimum Gasteiger partial charge on any atom is -0.368 e. The van der Waals surface area contributed by atoms with Gasteiger partial charge in [-0.2, -0.15) is 5.10 Å². The first-order valence-electron chi connectivity index (χ1n) is 11.2. The summed E-state index contributed by atoms with van der Waals surface area (Å²) in [7, 11) is 0. The number of allylic oxidation sites excluding steroid dienone is 5. The van der Waals surface area contributed by atoms with Crippen molar-refractivity contribution >= 4 is 33.2 Å². The molecule has 5 rings (SSSR count). The van der Waals surface area contributed by atoms with Crippen LogP contribution in [-0.2, 0) is 0 Å². The molecule has 162 valence electrons. The van der Waals surface area contributed by atoms with Crippen LogP contribution in [0.3, 0.4) is 0 Å². The Hall–Kier alpha value is -3.67. The van der Waals surface area contributed by atoms with Crippen LogP contribution in [0.4, 0.5) is 5.69 Å². The van der Waals surface area contributed by atoms with Gasteiger partial charge >= 0.3 is 0 Å². The van der Waals surface area contributed by atoms with Crippen LogP contribution in [0.15, 0.2) is 61.0 Å². The van der Waals surface area contributed by atoms with E-state index >= 15 is 0 Å². The Bertz CT molecular complexity index is 1350. The van der Waals surface area contributed by atoms with E-state index in [-0.39, 0.29) is 0 Å². The van der Waals surface area contributed by atoms with Gasteiger partial charge in [0.2, 0.25) is 0 Å². The minimum atomic E-state index is 0.759. The maximum Gasteiger partial charge on any atom is 0.159 e. The summed E-state index contributed by atoms with van der Waals surface area (Å²) in [4.78, 5) is 15.3. The number of pyridine rings is 1. The maximum absolute atomic E-state index is 4.98. The molecule has 0 bridgehead atoms. The summed E-state index contributed by atoms with van der Waals surface area (Å²) >= 11 is 0. The lowest BCUT2D eigenvalue weighted by Gasteiger charge is -2.28. The Morgan fingerprint density at radius 3 is 2.75 bits per heavy atom. The summed E-state index contributed by atoms with van der Waals surface area (Å²) < 4.78 is 0. The molecular weight excluding hydrogens is 396 g/mol. The quantitative estimate of drug-likeness (QED) is 0.384. The van der Waals surface area contributed by atoms with Gasteiger partial charge in [0.05, 0.1) is 29.1 Å². The van der Waals surface area contributed by atoms with Crippen LogP contribution in [0.2, 0.25) is 0 Å². The predicted octanol–water partition coefficient (Wildman–Crippen LogP) is 6.03. The molecule has 6 nitrogen and oxygen atoms in total. The van der Waals surface area contributed by atoms with Crippen molar-refractivity contribution < 1.29 is 0 Å². The Balaban J connectivity index is 1.60. The molecule has 1 aliphatic rings. The predicted molar refractivity (Wildman–Crippen MR) is 133 cm³/mol. The van der Waals surface area contributed by atoms with Gasteiger partial charge in [-0.25, -0.2) is 4.98 Å². The van der Waals surface area contributed by atoms with Gasteiger partial charge in [-0.1, -0.05) is 30.9 Å². The minimum absolute atomic E-state index is 0.759. The van der Waals surface area contributed by atoms with Crippen molar-refractivity contribution in [3.05, 3.63) is 66.5 Å². The highest BCUT2D eigenvalue weighted by Crippen LogP contribution is 2.33. The van der Waals surface area contributed by atoms with Crippen molar-refractivity contribution in [3.8, 4) is 11.5 Å². The number of aromatic amines is 2. The molecule has 0 radical (unpaired) electrons. The third-order valence-corrected chi connectivity index (χ3v) is 6.25. The maximum atomic E-state index is 4.98. The van der Waals surface area contributed by atoms with Gasteiger partial charge in [0.15, 0.2) is 5.82 Å². The zero-order valence-electron chi connectivity index (χ0n) is 18.7. The number of hydrogen-bond donors (Lipinski definition) is 2. The zero-order chi connectivity index (χ0) is 22.1. The molecule has 1 aromatic carbocycles. The summed E-state index contributed by atoms with van der Waals surface area (Å²) in [6, 6.07) is 6.38. The average Bonchev–Trinajstić information content (AvgIpc) is 3.44. The highest BCUT2D eigenvalue weighted by Gasteiger charge is 2.19. The molecule has 0 amide bonds. The van der Waals surface area contributed by atoms with Crippen LogP contribution in [0.1, 0.15) is 38.7 Å². The molecule has 0 saturated carbocycles. The molecule has 4 heterocycles. The Morgan fingerprint density at radius 2 is 1.97 bits per heavy atom. The second-order valence-electron chi connectivity index (χ2n) is 8.31. The van der Waals surface area contributed by atoms with E-state index in [0.717, 1.165) is 57.8 Å². The summed E-state index contributed by atoms with van der Waals surface area (Å²) in [5, 5.41) is 8.81. The Labute approximate surface area is 187 Å². The molecule has 6 heteroatoms.